The Bertz CT molecular complexity index is 270. The summed E-state index contributed by atoms with van der Waals surface area (Å²) < 4.78 is 10.8. The van der Waals surface area contributed by atoms with Gasteiger partial charge in [0.2, 0.25) is 0 Å². The van der Waals surface area contributed by atoms with Gasteiger partial charge in [-0.1, -0.05) is 13.8 Å². The van der Waals surface area contributed by atoms with Gasteiger partial charge < -0.3 is 14.4 Å². The largest absolute Gasteiger partial charge is 0.376 e. The molecule has 1 saturated carbocycles. The van der Waals surface area contributed by atoms with Crippen molar-refractivity contribution < 1.29 is 14.3 Å². The minimum Gasteiger partial charge on any atom is -0.376 e. The summed E-state index contributed by atoms with van der Waals surface area (Å²) in [6.45, 7) is 7.99. The minimum atomic E-state index is -0.384. The van der Waals surface area contributed by atoms with Crippen LogP contribution in [0, 0.1) is 5.92 Å². The van der Waals surface area contributed by atoms with Crippen molar-refractivity contribution in [2.45, 2.75) is 51.8 Å². The first-order valence-corrected chi connectivity index (χ1v) is 6.62. The van der Waals surface area contributed by atoms with Crippen LogP contribution in [0.25, 0.3) is 0 Å². The fourth-order valence-electron chi connectivity index (χ4n) is 2.18. The molecule has 2 fully saturated rings. The van der Waals surface area contributed by atoms with E-state index in [1.807, 2.05) is 4.90 Å². The molecule has 0 aromatic rings. The van der Waals surface area contributed by atoms with Gasteiger partial charge in [0.05, 0.1) is 19.8 Å². The molecular weight excluding hydrogens is 218 g/mol. The lowest BCUT2D eigenvalue weighted by Gasteiger charge is -2.35. The maximum atomic E-state index is 12.4. The van der Waals surface area contributed by atoms with Crippen LogP contribution in [-0.4, -0.2) is 48.8 Å². The summed E-state index contributed by atoms with van der Waals surface area (Å²) in [6, 6.07) is 0.714. The molecule has 0 radical (unpaired) electrons. The molecule has 98 valence electrons. The second-order valence-electron chi connectivity index (χ2n) is 5.40. The predicted octanol–water partition coefficient (Wildman–Crippen LogP) is 1.44. The van der Waals surface area contributed by atoms with Crippen molar-refractivity contribution >= 4 is 5.91 Å². The van der Waals surface area contributed by atoms with Crippen molar-refractivity contribution in [2.75, 3.05) is 19.8 Å². The Morgan fingerprint density at radius 2 is 1.94 bits per heavy atom. The van der Waals surface area contributed by atoms with Gasteiger partial charge in [-0.2, -0.15) is 0 Å². The van der Waals surface area contributed by atoms with Crippen LogP contribution in [0.3, 0.4) is 0 Å². The molecule has 0 N–H and O–H groups in total. The summed E-state index contributed by atoms with van der Waals surface area (Å²) in [5.41, 5.74) is 0. The summed E-state index contributed by atoms with van der Waals surface area (Å²) in [4.78, 5) is 14.5. The lowest BCUT2D eigenvalue weighted by atomic mass is 10.0. The average molecular weight is 241 g/mol. The van der Waals surface area contributed by atoms with Crippen LogP contribution in [0.15, 0.2) is 0 Å². The number of carbonyl (C=O) groups excluding carboxylic acids is 1. The van der Waals surface area contributed by atoms with Crippen LogP contribution in [0.5, 0.6) is 0 Å². The third kappa shape index (κ3) is 2.99. The average Bonchev–Trinajstić information content (AvgIpc) is 3.14. The Labute approximate surface area is 103 Å². The van der Waals surface area contributed by atoms with Gasteiger partial charge in [0, 0.05) is 12.1 Å². The van der Waals surface area contributed by atoms with Gasteiger partial charge in [0.25, 0.3) is 5.91 Å². The van der Waals surface area contributed by atoms with E-state index in [4.69, 9.17) is 9.47 Å². The molecule has 0 bridgehead atoms. The van der Waals surface area contributed by atoms with E-state index in [1.165, 1.54) is 0 Å². The number of rotatable bonds is 4. The molecule has 2 atom stereocenters. The summed E-state index contributed by atoms with van der Waals surface area (Å²) in [7, 11) is 0. The number of nitrogens with zero attached hydrogens (tertiary/aromatic N) is 1. The fourth-order valence-corrected chi connectivity index (χ4v) is 2.18. The predicted molar refractivity (Wildman–Crippen MR) is 64.7 cm³/mol. The first-order chi connectivity index (χ1) is 8.11. The Kier molecular flexibility index (Phi) is 4.05. The number of hydrogen-bond donors (Lipinski definition) is 0. The van der Waals surface area contributed by atoms with Gasteiger partial charge in [0.1, 0.15) is 0 Å². The molecular formula is C13H23NO3. The van der Waals surface area contributed by atoms with Crippen molar-refractivity contribution in [3.05, 3.63) is 0 Å². The van der Waals surface area contributed by atoms with Crippen molar-refractivity contribution in [1.29, 1.82) is 0 Å². The standard InChI is InChI=1S/C13H23NO3/c1-9(2)10(3)14(11-4-5-11)13(15)12-8-16-6-7-17-12/h9-12H,4-8H2,1-3H3. The van der Waals surface area contributed by atoms with Gasteiger partial charge in [-0.3, -0.25) is 4.79 Å². The molecule has 2 aliphatic rings. The zero-order valence-electron chi connectivity index (χ0n) is 11.0. The summed E-state index contributed by atoms with van der Waals surface area (Å²) in [5, 5.41) is 0. The van der Waals surface area contributed by atoms with Crippen LogP contribution < -0.4 is 0 Å². The molecule has 2 rings (SSSR count). The lowest BCUT2D eigenvalue weighted by molar-refractivity contribution is -0.161. The third-order valence-electron chi connectivity index (χ3n) is 3.69. The van der Waals surface area contributed by atoms with Gasteiger partial charge in [-0.05, 0) is 25.7 Å². The lowest BCUT2D eigenvalue weighted by Crippen LogP contribution is -2.51. The van der Waals surface area contributed by atoms with Crippen LogP contribution >= 0.6 is 0 Å². The SMILES string of the molecule is CC(C)C(C)N(C(=O)C1COCCO1)C1CC1. The Morgan fingerprint density at radius 3 is 2.41 bits per heavy atom. The molecule has 2 unspecified atom stereocenters. The fraction of sp³-hybridized carbons (Fsp3) is 0.923. The molecule has 0 aromatic heterocycles. The van der Waals surface area contributed by atoms with Crippen LogP contribution in [-0.2, 0) is 14.3 Å². The molecule has 1 heterocycles. The first kappa shape index (κ1) is 12.8. The van der Waals surface area contributed by atoms with Gasteiger partial charge >= 0.3 is 0 Å². The number of ether oxygens (including phenoxy) is 2. The molecule has 0 spiro atoms. The maximum absolute atomic E-state index is 12.4. The highest BCUT2D eigenvalue weighted by Crippen LogP contribution is 2.31. The van der Waals surface area contributed by atoms with E-state index < -0.39 is 0 Å². The van der Waals surface area contributed by atoms with E-state index >= 15 is 0 Å². The van der Waals surface area contributed by atoms with Crippen LogP contribution in [0.2, 0.25) is 0 Å². The first-order valence-electron chi connectivity index (χ1n) is 6.62. The van der Waals surface area contributed by atoms with E-state index in [0.717, 1.165) is 12.8 Å². The second kappa shape index (κ2) is 5.36. The quantitative estimate of drug-likeness (QED) is 0.747. The van der Waals surface area contributed by atoms with Crippen molar-refractivity contribution in [3.8, 4) is 0 Å². The summed E-state index contributed by atoms with van der Waals surface area (Å²) in [5.74, 6) is 0.595. The van der Waals surface area contributed by atoms with Crippen LogP contribution in [0.4, 0.5) is 0 Å². The Balaban J connectivity index is 2.01. The Morgan fingerprint density at radius 1 is 1.24 bits per heavy atom. The van der Waals surface area contributed by atoms with Gasteiger partial charge in [0.15, 0.2) is 6.10 Å². The maximum Gasteiger partial charge on any atom is 0.254 e. The van der Waals surface area contributed by atoms with E-state index in [2.05, 4.69) is 20.8 Å². The van der Waals surface area contributed by atoms with E-state index in [0.29, 0.717) is 31.8 Å². The van der Waals surface area contributed by atoms with Crippen LogP contribution in [0.1, 0.15) is 33.6 Å². The van der Waals surface area contributed by atoms with E-state index in [9.17, 15) is 4.79 Å². The van der Waals surface area contributed by atoms with Crippen molar-refractivity contribution in [1.82, 2.24) is 4.90 Å². The molecule has 1 aliphatic heterocycles. The zero-order chi connectivity index (χ0) is 12.4. The summed E-state index contributed by atoms with van der Waals surface area (Å²) in [6.07, 6.45) is 1.89. The molecule has 1 aliphatic carbocycles. The molecule has 1 saturated heterocycles. The molecule has 1 amide bonds. The summed E-state index contributed by atoms with van der Waals surface area (Å²) >= 11 is 0. The molecule has 0 aromatic carbocycles. The monoisotopic (exact) mass is 241 g/mol. The van der Waals surface area contributed by atoms with E-state index in [-0.39, 0.29) is 18.1 Å². The topological polar surface area (TPSA) is 38.8 Å². The van der Waals surface area contributed by atoms with E-state index in [1.54, 1.807) is 0 Å². The smallest absolute Gasteiger partial charge is 0.254 e. The van der Waals surface area contributed by atoms with Gasteiger partial charge in [-0.15, -0.1) is 0 Å². The molecule has 4 heteroatoms. The highest BCUT2D eigenvalue weighted by Gasteiger charge is 2.40. The third-order valence-corrected chi connectivity index (χ3v) is 3.69. The Hall–Kier alpha value is -0.610. The minimum absolute atomic E-state index is 0.119. The van der Waals surface area contributed by atoms with Gasteiger partial charge in [-0.25, -0.2) is 0 Å². The number of amides is 1. The highest BCUT2D eigenvalue weighted by atomic mass is 16.6. The zero-order valence-corrected chi connectivity index (χ0v) is 11.0. The number of carbonyl (C=O) groups is 1. The second-order valence-corrected chi connectivity index (χ2v) is 5.40. The van der Waals surface area contributed by atoms with Crippen molar-refractivity contribution in [2.24, 2.45) is 5.92 Å². The molecule has 4 nitrogen and oxygen atoms in total. The highest BCUT2D eigenvalue weighted by molar-refractivity contribution is 5.82. The molecule has 17 heavy (non-hydrogen) atoms. The number of hydrogen-bond acceptors (Lipinski definition) is 3. The van der Waals surface area contributed by atoms with Crippen molar-refractivity contribution in [3.63, 3.8) is 0 Å². The normalized spacial score (nSPS) is 26.9.